The summed E-state index contributed by atoms with van der Waals surface area (Å²) in [5.74, 6) is 0. The van der Waals surface area contributed by atoms with Crippen LogP contribution in [0.15, 0.2) is 0 Å². The van der Waals surface area contributed by atoms with Gasteiger partial charge in [-0.3, -0.25) is 0 Å². The van der Waals surface area contributed by atoms with E-state index in [1.807, 2.05) is 0 Å². The zero-order valence-corrected chi connectivity index (χ0v) is 14.5. The summed E-state index contributed by atoms with van der Waals surface area (Å²) in [4.78, 5) is 2.54. The van der Waals surface area contributed by atoms with Crippen molar-refractivity contribution >= 4 is 0 Å². The van der Waals surface area contributed by atoms with Crippen molar-refractivity contribution < 1.29 is 0 Å². The summed E-state index contributed by atoms with van der Waals surface area (Å²) >= 11 is 0. The molecule has 0 radical (unpaired) electrons. The van der Waals surface area contributed by atoms with E-state index >= 15 is 0 Å². The first kappa shape index (κ1) is 18.0. The Balaban J connectivity index is 2.55. The first-order valence-corrected chi connectivity index (χ1v) is 8.86. The Morgan fingerprint density at radius 2 is 1.30 bits per heavy atom. The quantitative estimate of drug-likeness (QED) is 0.803. The Morgan fingerprint density at radius 3 is 1.80 bits per heavy atom. The number of likely N-dealkylation sites (N-methyl/N-ethyl adjacent to an activating group) is 1. The fraction of sp³-hybridized carbons (Fsp3) is 1.00. The van der Waals surface area contributed by atoms with E-state index in [-0.39, 0.29) is 0 Å². The molecule has 0 spiro atoms. The number of hydrogen-bond donors (Lipinski definition) is 1. The second-order valence-corrected chi connectivity index (χ2v) is 8.11. The third kappa shape index (κ3) is 7.64. The van der Waals surface area contributed by atoms with Crippen molar-refractivity contribution in [2.75, 3.05) is 13.6 Å². The molecule has 1 aliphatic carbocycles. The molecule has 2 heteroatoms. The molecule has 2 atom stereocenters. The summed E-state index contributed by atoms with van der Waals surface area (Å²) in [7, 11) is 2.28. The molecular weight excluding hydrogens is 244 g/mol. The van der Waals surface area contributed by atoms with Gasteiger partial charge in [0.15, 0.2) is 0 Å². The van der Waals surface area contributed by atoms with Crippen LogP contribution in [0.4, 0.5) is 0 Å². The summed E-state index contributed by atoms with van der Waals surface area (Å²) in [6.45, 7) is 8.12. The summed E-state index contributed by atoms with van der Waals surface area (Å²) in [6, 6.07) is 0.940. The molecule has 0 saturated heterocycles. The van der Waals surface area contributed by atoms with E-state index in [0.29, 0.717) is 17.5 Å². The SMILES string of the molecule is CN(CC(C)(C)C)C1CCCCCCCCCCC1N. The van der Waals surface area contributed by atoms with Gasteiger partial charge in [-0.2, -0.15) is 0 Å². The molecule has 2 N–H and O–H groups in total. The molecule has 0 bridgehead atoms. The van der Waals surface area contributed by atoms with Crippen molar-refractivity contribution in [3.63, 3.8) is 0 Å². The summed E-state index contributed by atoms with van der Waals surface area (Å²) in [5.41, 5.74) is 6.90. The van der Waals surface area contributed by atoms with E-state index in [4.69, 9.17) is 5.73 Å². The van der Waals surface area contributed by atoms with E-state index < -0.39 is 0 Å². The van der Waals surface area contributed by atoms with E-state index in [2.05, 4.69) is 32.7 Å². The van der Waals surface area contributed by atoms with Crippen LogP contribution < -0.4 is 5.73 Å². The highest BCUT2D eigenvalue weighted by Crippen LogP contribution is 2.22. The van der Waals surface area contributed by atoms with Crippen molar-refractivity contribution in [2.45, 2.75) is 97.1 Å². The van der Waals surface area contributed by atoms with Crippen LogP contribution in [0.1, 0.15) is 85.0 Å². The molecule has 0 heterocycles. The lowest BCUT2D eigenvalue weighted by molar-refractivity contribution is 0.138. The van der Waals surface area contributed by atoms with Crippen molar-refractivity contribution in [3.8, 4) is 0 Å². The van der Waals surface area contributed by atoms with Gasteiger partial charge >= 0.3 is 0 Å². The number of hydrogen-bond acceptors (Lipinski definition) is 2. The van der Waals surface area contributed by atoms with Gasteiger partial charge in [0.05, 0.1) is 0 Å². The maximum atomic E-state index is 6.54. The molecule has 1 rings (SSSR count). The van der Waals surface area contributed by atoms with Crippen molar-refractivity contribution in [1.29, 1.82) is 0 Å². The molecule has 2 unspecified atom stereocenters. The van der Waals surface area contributed by atoms with Gasteiger partial charge in [0, 0.05) is 18.6 Å². The summed E-state index contributed by atoms with van der Waals surface area (Å²) in [6.07, 6.45) is 13.6. The second-order valence-electron chi connectivity index (χ2n) is 8.11. The average molecular weight is 283 g/mol. The van der Waals surface area contributed by atoms with Crippen LogP contribution in [-0.4, -0.2) is 30.6 Å². The summed E-state index contributed by atoms with van der Waals surface area (Å²) in [5, 5.41) is 0. The lowest BCUT2D eigenvalue weighted by atomic mass is 9.90. The van der Waals surface area contributed by atoms with Crippen LogP contribution in [0, 0.1) is 5.41 Å². The van der Waals surface area contributed by atoms with Gasteiger partial charge < -0.3 is 10.6 Å². The molecule has 0 aromatic heterocycles. The first-order valence-electron chi connectivity index (χ1n) is 8.86. The number of nitrogens with two attached hydrogens (primary N) is 1. The fourth-order valence-electron chi connectivity index (χ4n) is 3.61. The lowest BCUT2D eigenvalue weighted by Crippen LogP contribution is -2.48. The number of nitrogens with zero attached hydrogens (tertiary/aromatic N) is 1. The normalized spacial score (nSPS) is 27.9. The minimum absolute atomic E-state index is 0.359. The molecule has 2 nitrogen and oxygen atoms in total. The Kier molecular flexibility index (Phi) is 8.13. The third-order valence-corrected chi connectivity index (χ3v) is 4.57. The second kappa shape index (κ2) is 9.04. The molecule has 0 amide bonds. The highest BCUT2D eigenvalue weighted by atomic mass is 15.1. The topological polar surface area (TPSA) is 29.3 Å². The monoisotopic (exact) mass is 282 g/mol. The van der Waals surface area contributed by atoms with Gasteiger partial charge in [-0.15, -0.1) is 0 Å². The molecule has 120 valence electrons. The van der Waals surface area contributed by atoms with Crippen molar-refractivity contribution in [1.82, 2.24) is 4.90 Å². The van der Waals surface area contributed by atoms with Crippen LogP contribution in [0.25, 0.3) is 0 Å². The fourth-order valence-corrected chi connectivity index (χ4v) is 3.61. The Morgan fingerprint density at radius 1 is 0.850 bits per heavy atom. The Hall–Kier alpha value is -0.0800. The highest BCUT2D eigenvalue weighted by Gasteiger charge is 2.25. The standard InChI is InChI=1S/C18H38N2/c1-18(2,3)15-20(4)17-14-12-10-8-6-5-7-9-11-13-16(17)19/h16-17H,5-15,19H2,1-4H3. The zero-order chi connectivity index (χ0) is 15.0. The smallest absolute Gasteiger partial charge is 0.0244 e. The molecule has 20 heavy (non-hydrogen) atoms. The minimum Gasteiger partial charge on any atom is -0.326 e. The van der Waals surface area contributed by atoms with Crippen LogP contribution in [-0.2, 0) is 0 Å². The lowest BCUT2D eigenvalue weighted by Gasteiger charge is -2.37. The van der Waals surface area contributed by atoms with Crippen LogP contribution in [0.3, 0.4) is 0 Å². The van der Waals surface area contributed by atoms with Gasteiger partial charge in [-0.05, 0) is 25.3 Å². The maximum Gasteiger partial charge on any atom is 0.0244 e. The van der Waals surface area contributed by atoms with Crippen LogP contribution in [0.2, 0.25) is 0 Å². The molecule has 0 aromatic carbocycles. The molecule has 0 aliphatic heterocycles. The van der Waals surface area contributed by atoms with Crippen LogP contribution in [0.5, 0.6) is 0 Å². The average Bonchev–Trinajstić information content (AvgIpc) is 2.31. The van der Waals surface area contributed by atoms with Crippen LogP contribution >= 0.6 is 0 Å². The Bertz CT molecular complexity index is 244. The van der Waals surface area contributed by atoms with E-state index in [1.165, 1.54) is 64.2 Å². The molecule has 1 fully saturated rings. The first-order chi connectivity index (χ1) is 9.40. The zero-order valence-electron chi connectivity index (χ0n) is 14.5. The van der Waals surface area contributed by atoms with E-state index in [0.717, 1.165) is 6.54 Å². The predicted molar refractivity (Wildman–Crippen MR) is 90.0 cm³/mol. The van der Waals surface area contributed by atoms with Gasteiger partial charge in [0.1, 0.15) is 0 Å². The minimum atomic E-state index is 0.359. The van der Waals surface area contributed by atoms with E-state index in [9.17, 15) is 0 Å². The summed E-state index contributed by atoms with van der Waals surface area (Å²) < 4.78 is 0. The largest absolute Gasteiger partial charge is 0.326 e. The molecule has 0 aromatic rings. The number of rotatable bonds is 2. The van der Waals surface area contributed by atoms with Gasteiger partial charge in [-0.25, -0.2) is 0 Å². The predicted octanol–water partition coefficient (Wildman–Crippen LogP) is 4.57. The van der Waals surface area contributed by atoms with Crippen molar-refractivity contribution in [3.05, 3.63) is 0 Å². The van der Waals surface area contributed by atoms with Gasteiger partial charge in [0.25, 0.3) is 0 Å². The molecule has 1 aliphatic rings. The van der Waals surface area contributed by atoms with Crippen molar-refractivity contribution in [2.24, 2.45) is 11.1 Å². The van der Waals surface area contributed by atoms with Gasteiger partial charge in [-0.1, -0.05) is 72.1 Å². The highest BCUT2D eigenvalue weighted by molar-refractivity contribution is 4.83. The Labute approximate surface area is 127 Å². The third-order valence-electron chi connectivity index (χ3n) is 4.57. The molecule has 1 saturated carbocycles. The van der Waals surface area contributed by atoms with Gasteiger partial charge in [0.2, 0.25) is 0 Å². The maximum absolute atomic E-state index is 6.54. The van der Waals surface area contributed by atoms with E-state index in [1.54, 1.807) is 0 Å². The molecular formula is C18H38N2.